The summed E-state index contributed by atoms with van der Waals surface area (Å²) >= 11 is 0. The maximum absolute atomic E-state index is 5.63. The number of aromatic nitrogens is 4. The van der Waals surface area contributed by atoms with Crippen LogP contribution < -0.4 is 24.6 Å². The van der Waals surface area contributed by atoms with Crippen molar-refractivity contribution in [3.05, 3.63) is 48.8 Å². The molecule has 0 spiro atoms. The number of nitrogens with one attached hydrogen (secondary N) is 1. The van der Waals surface area contributed by atoms with Crippen LogP contribution in [0.5, 0.6) is 11.5 Å². The van der Waals surface area contributed by atoms with Crippen molar-refractivity contribution in [3.8, 4) is 11.5 Å². The van der Waals surface area contributed by atoms with Crippen molar-refractivity contribution in [2.24, 2.45) is 0 Å². The fourth-order valence-electron chi connectivity index (χ4n) is 3.46. The topological polar surface area (TPSA) is 88.5 Å². The predicted molar refractivity (Wildman–Crippen MR) is 109 cm³/mol. The molecule has 4 heterocycles. The zero-order chi connectivity index (χ0) is 19.5. The molecular formula is C20H21N7O2. The van der Waals surface area contributed by atoms with Gasteiger partial charge in [-0.25, -0.2) is 4.98 Å². The van der Waals surface area contributed by atoms with Gasteiger partial charge in [0.05, 0.1) is 6.20 Å². The number of benzene rings is 1. The Kier molecular flexibility index (Phi) is 4.69. The summed E-state index contributed by atoms with van der Waals surface area (Å²) in [4.78, 5) is 13.6. The summed E-state index contributed by atoms with van der Waals surface area (Å²) in [6.07, 6.45) is 3.53. The number of hydrogen-bond acceptors (Lipinski definition) is 9. The lowest BCUT2D eigenvalue weighted by Crippen LogP contribution is -2.47. The first-order chi connectivity index (χ1) is 14.3. The lowest BCUT2D eigenvalue weighted by atomic mass is 10.2. The second-order valence-electron chi connectivity index (χ2n) is 6.78. The molecular weight excluding hydrogens is 370 g/mol. The molecule has 9 nitrogen and oxygen atoms in total. The second-order valence-corrected chi connectivity index (χ2v) is 6.78. The molecule has 1 aromatic carbocycles. The summed E-state index contributed by atoms with van der Waals surface area (Å²) in [5, 5.41) is 11.4. The zero-order valence-electron chi connectivity index (χ0n) is 15.9. The molecule has 1 N–H and O–H groups in total. The second kappa shape index (κ2) is 7.78. The van der Waals surface area contributed by atoms with Gasteiger partial charge >= 0.3 is 0 Å². The molecule has 2 aromatic heterocycles. The minimum atomic E-state index is 0.450. The third-order valence-corrected chi connectivity index (χ3v) is 4.92. The summed E-state index contributed by atoms with van der Waals surface area (Å²) < 4.78 is 11.2. The molecule has 148 valence electrons. The third kappa shape index (κ3) is 3.84. The van der Waals surface area contributed by atoms with Crippen molar-refractivity contribution in [2.75, 3.05) is 54.5 Å². The molecule has 2 aliphatic rings. The molecule has 0 atom stereocenters. The van der Waals surface area contributed by atoms with Gasteiger partial charge in [-0.2, -0.15) is 10.1 Å². The van der Waals surface area contributed by atoms with Gasteiger partial charge in [-0.05, 0) is 24.3 Å². The fourth-order valence-corrected chi connectivity index (χ4v) is 3.46. The van der Waals surface area contributed by atoms with Gasteiger partial charge in [-0.15, -0.1) is 5.10 Å². The molecule has 9 heteroatoms. The van der Waals surface area contributed by atoms with Crippen molar-refractivity contribution in [2.45, 2.75) is 0 Å². The number of ether oxygens (including phenoxy) is 2. The molecule has 0 saturated carbocycles. The first-order valence-electron chi connectivity index (χ1n) is 9.62. The molecule has 2 aliphatic heterocycles. The maximum Gasteiger partial charge on any atom is 0.249 e. The molecule has 0 aliphatic carbocycles. The Morgan fingerprint density at radius 3 is 2.45 bits per heavy atom. The highest BCUT2D eigenvalue weighted by Crippen LogP contribution is 2.33. The molecule has 5 rings (SSSR count). The van der Waals surface area contributed by atoms with Crippen LogP contribution in [0, 0.1) is 0 Å². The van der Waals surface area contributed by atoms with Crippen LogP contribution in [0.25, 0.3) is 0 Å². The summed E-state index contributed by atoms with van der Waals surface area (Å²) in [5.41, 5.74) is 0.827. The number of fused-ring (bicyclic) bond motifs is 1. The van der Waals surface area contributed by atoms with Gasteiger partial charge in [0.25, 0.3) is 0 Å². The number of rotatable bonds is 4. The molecule has 1 fully saturated rings. The Balaban J connectivity index is 1.26. The van der Waals surface area contributed by atoms with Gasteiger partial charge in [0, 0.05) is 44.1 Å². The Labute approximate surface area is 168 Å². The van der Waals surface area contributed by atoms with E-state index in [9.17, 15) is 0 Å². The van der Waals surface area contributed by atoms with E-state index >= 15 is 0 Å². The number of hydrogen-bond donors (Lipinski definition) is 1. The SMILES string of the molecule is c1ccc(N2CCN(c3cnnc(Nc4ccc5c(c4)OCCO5)n3)CC2)nc1. The molecule has 0 amide bonds. The highest BCUT2D eigenvalue weighted by Gasteiger charge is 2.20. The normalized spacial score (nSPS) is 15.9. The van der Waals surface area contributed by atoms with E-state index in [-0.39, 0.29) is 0 Å². The lowest BCUT2D eigenvalue weighted by molar-refractivity contribution is 0.171. The average Bonchev–Trinajstić information content (AvgIpc) is 2.80. The number of anilines is 4. The summed E-state index contributed by atoms with van der Waals surface area (Å²) in [6, 6.07) is 11.7. The first-order valence-corrected chi connectivity index (χ1v) is 9.62. The van der Waals surface area contributed by atoms with E-state index in [0.29, 0.717) is 19.2 Å². The number of pyridine rings is 1. The fraction of sp³-hybridized carbons (Fsp3) is 0.300. The molecule has 0 bridgehead atoms. The lowest BCUT2D eigenvalue weighted by Gasteiger charge is -2.35. The van der Waals surface area contributed by atoms with Crippen LogP contribution in [0.15, 0.2) is 48.8 Å². The van der Waals surface area contributed by atoms with Crippen LogP contribution in [0.2, 0.25) is 0 Å². The van der Waals surface area contributed by atoms with E-state index in [1.165, 1.54) is 0 Å². The van der Waals surface area contributed by atoms with Gasteiger partial charge in [-0.3, -0.25) is 0 Å². The van der Waals surface area contributed by atoms with Crippen LogP contribution in [0.3, 0.4) is 0 Å². The minimum absolute atomic E-state index is 0.450. The van der Waals surface area contributed by atoms with Crippen LogP contribution in [-0.2, 0) is 0 Å². The Hall–Kier alpha value is -3.62. The van der Waals surface area contributed by atoms with E-state index in [1.807, 2.05) is 42.6 Å². The van der Waals surface area contributed by atoms with Crippen LogP contribution >= 0.6 is 0 Å². The van der Waals surface area contributed by atoms with Crippen molar-refractivity contribution >= 4 is 23.3 Å². The van der Waals surface area contributed by atoms with Crippen molar-refractivity contribution in [1.29, 1.82) is 0 Å². The van der Waals surface area contributed by atoms with Gasteiger partial charge in [0.2, 0.25) is 5.95 Å². The van der Waals surface area contributed by atoms with E-state index in [2.05, 4.69) is 35.3 Å². The average molecular weight is 391 g/mol. The predicted octanol–water partition coefficient (Wildman–Crippen LogP) is 2.11. The van der Waals surface area contributed by atoms with Gasteiger partial charge in [0.15, 0.2) is 17.3 Å². The van der Waals surface area contributed by atoms with E-state index in [0.717, 1.165) is 55.0 Å². The smallest absolute Gasteiger partial charge is 0.249 e. The molecule has 0 radical (unpaired) electrons. The first kappa shape index (κ1) is 17.5. The highest BCUT2D eigenvalue weighted by molar-refractivity contribution is 5.60. The van der Waals surface area contributed by atoms with Crippen LogP contribution in [-0.4, -0.2) is 59.6 Å². The van der Waals surface area contributed by atoms with E-state index in [4.69, 9.17) is 9.47 Å². The molecule has 0 unspecified atom stereocenters. The van der Waals surface area contributed by atoms with Crippen molar-refractivity contribution in [1.82, 2.24) is 20.2 Å². The van der Waals surface area contributed by atoms with Crippen LogP contribution in [0.4, 0.5) is 23.3 Å². The highest BCUT2D eigenvalue weighted by atomic mass is 16.6. The van der Waals surface area contributed by atoms with Gasteiger partial charge in [-0.1, -0.05) is 6.07 Å². The quantitative estimate of drug-likeness (QED) is 0.718. The Morgan fingerprint density at radius 1 is 0.862 bits per heavy atom. The largest absolute Gasteiger partial charge is 0.486 e. The third-order valence-electron chi connectivity index (χ3n) is 4.92. The van der Waals surface area contributed by atoms with E-state index in [1.54, 1.807) is 6.20 Å². The molecule has 1 saturated heterocycles. The minimum Gasteiger partial charge on any atom is -0.486 e. The van der Waals surface area contributed by atoms with Crippen LogP contribution in [0.1, 0.15) is 0 Å². The zero-order valence-corrected chi connectivity index (χ0v) is 15.9. The number of nitrogens with zero attached hydrogens (tertiary/aromatic N) is 6. The summed E-state index contributed by atoms with van der Waals surface area (Å²) in [7, 11) is 0. The monoisotopic (exact) mass is 391 g/mol. The molecule has 29 heavy (non-hydrogen) atoms. The standard InChI is InChI=1S/C20H21N7O2/c1-2-6-21-18(3-1)26-7-9-27(10-8-26)19-14-22-25-20(24-19)23-15-4-5-16-17(13-15)29-12-11-28-16/h1-6,13-14H,7-12H2,(H,23,24,25). The summed E-state index contributed by atoms with van der Waals surface area (Å²) in [5.74, 6) is 3.73. The number of piperazine rings is 1. The maximum atomic E-state index is 5.63. The van der Waals surface area contributed by atoms with E-state index < -0.39 is 0 Å². The van der Waals surface area contributed by atoms with Gasteiger partial charge in [0.1, 0.15) is 19.0 Å². The van der Waals surface area contributed by atoms with Crippen molar-refractivity contribution < 1.29 is 9.47 Å². The van der Waals surface area contributed by atoms with Gasteiger partial charge < -0.3 is 24.6 Å². The Bertz CT molecular complexity index is 978. The molecule has 3 aromatic rings. The Morgan fingerprint density at radius 2 is 1.66 bits per heavy atom. The van der Waals surface area contributed by atoms with Crippen molar-refractivity contribution in [3.63, 3.8) is 0 Å². The summed E-state index contributed by atoms with van der Waals surface area (Å²) in [6.45, 7) is 4.58.